The number of piperidine rings is 1. The van der Waals surface area contributed by atoms with Gasteiger partial charge in [-0.25, -0.2) is 4.39 Å². The molecule has 1 fully saturated rings. The number of benzene rings is 2. The van der Waals surface area contributed by atoms with E-state index in [0.29, 0.717) is 18.5 Å². The molecule has 1 aliphatic rings. The second-order valence-corrected chi connectivity index (χ2v) is 7.33. The van der Waals surface area contributed by atoms with Gasteiger partial charge in [0.2, 0.25) is 0 Å². The third-order valence-corrected chi connectivity index (χ3v) is 5.28. The molecule has 0 atom stereocenters. The van der Waals surface area contributed by atoms with E-state index < -0.39 is 5.82 Å². The van der Waals surface area contributed by atoms with Crippen molar-refractivity contribution in [1.82, 2.24) is 15.5 Å². The number of hydrogen-bond acceptors (Lipinski definition) is 3. The first-order valence-electron chi connectivity index (χ1n) is 9.76. The molecule has 5 nitrogen and oxygen atoms in total. The zero-order valence-electron chi connectivity index (χ0n) is 17.0. The molecule has 1 heterocycles. The maximum absolute atomic E-state index is 13.4. The van der Waals surface area contributed by atoms with Crippen LogP contribution < -0.4 is 10.6 Å². The van der Waals surface area contributed by atoms with Gasteiger partial charge in [-0.2, -0.15) is 0 Å². The average Bonchev–Trinajstić information content (AvgIpc) is 2.70. The summed E-state index contributed by atoms with van der Waals surface area (Å²) in [5.41, 5.74) is 3.50. The van der Waals surface area contributed by atoms with Crippen LogP contribution in [0.4, 0.5) is 4.39 Å². The number of hydrogen-bond donors (Lipinski definition) is 3. The summed E-state index contributed by atoms with van der Waals surface area (Å²) < 4.78 is 13.4. The molecule has 1 aliphatic heterocycles. The van der Waals surface area contributed by atoms with Crippen LogP contribution in [0, 0.1) is 12.7 Å². The second-order valence-electron chi connectivity index (χ2n) is 7.33. The van der Waals surface area contributed by atoms with Gasteiger partial charge < -0.3 is 15.7 Å². The molecule has 2 aromatic carbocycles. The van der Waals surface area contributed by atoms with Crippen molar-refractivity contribution in [3.8, 4) is 5.75 Å². The zero-order valence-corrected chi connectivity index (χ0v) is 19.3. The maximum Gasteiger partial charge on any atom is 0.191 e. The predicted octanol–water partition coefficient (Wildman–Crippen LogP) is 3.79. The Balaban J connectivity index is 0.00000300. The van der Waals surface area contributed by atoms with Crippen molar-refractivity contribution < 1.29 is 9.50 Å². The number of aliphatic imine (C=N–C) groups is 1. The van der Waals surface area contributed by atoms with Gasteiger partial charge in [-0.1, -0.05) is 30.3 Å². The Bertz CT molecular complexity index is 822. The third-order valence-electron chi connectivity index (χ3n) is 5.28. The lowest BCUT2D eigenvalue weighted by atomic mass is 10.0. The fraction of sp³-hybridized carbons (Fsp3) is 0.409. The first-order chi connectivity index (χ1) is 13.5. The van der Waals surface area contributed by atoms with E-state index in [2.05, 4.69) is 51.7 Å². The number of likely N-dealkylation sites (tertiary alicyclic amines) is 1. The minimum absolute atomic E-state index is 0. The first-order valence-corrected chi connectivity index (χ1v) is 9.76. The molecule has 0 bridgehead atoms. The molecular weight excluding hydrogens is 482 g/mol. The number of rotatable bonds is 5. The van der Waals surface area contributed by atoms with E-state index in [-0.39, 0.29) is 29.7 Å². The molecule has 7 heteroatoms. The SMILES string of the molecule is CN=C(NCc1ccc(O)c(F)c1)NC1CCN(Cc2ccccc2C)CC1.I. The van der Waals surface area contributed by atoms with Crippen molar-refractivity contribution in [1.29, 1.82) is 0 Å². The highest BCUT2D eigenvalue weighted by Crippen LogP contribution is 2.17. The Kier molecular flexibility index (Phi) is 9.16. The molecule has 158 valence electrons. The first kappa shape index (κ1) is 23.4. The summed E-state index contributed by atoms with van der Waals surface area (Å²) in [5, 5.41) is 16.0. The molecule has 0 unspecified atom stereocenters. The van der Waals surface area contributed by atoms with Crippen LogP contribution in [0.25, 0.3) is 0 Å². The molecule has 29 heavy (non-hydrogen) atoms. The van der Waals surface area contributed by atoms with Crippen LogP contribution >= 0.6 is 24.0 Å². The van der Waals surface area contributed by atoms with E-state index in [4.69, 9.17) is 0 Å². The standard InChI is InChI=1S/C22H29FN4O.HI/c1-16-5-3-4-6-18(16)15-27-11-9-19(10-12-27)26-22(24-2)25-14-17-7-8-21(28)20(23)13-17;/h3-8,13,19,28H,9-12,14-15H2,1-2H3,(H2,24,25,26);1H. The van der Waals surface area contributed by atoms with Crippen molar-refractivity contribution in [3.05, 3.63) is 65.0 Å². The Morgan fingerprint density at radius 2 is 1.93 bits per heavy atom. The summed E-state index contributed by atoms with van der Waals surface area (Å²) in [4.78, 5) is 6.77. The van der Waals surface area contributed by atoms with E-state index in [1.807, 2.05) is 0 Å². The molecule has 3 N–H and O–H groups in total. The van der Waals surface area contributed by atoms with Gasteiger partial charge in [0.15, 0.2) is 17.5 Å². The van der Waals surface area contributed by atoms with Crippen LogP contribution in [0.2, 0.25) is 0 Å². The minimum atomic E-state index is -0.608. The number of nitrogens with one attached hydrogen (secondary N) is 2. The van der Waals surface area contributed by atoms with Gasteiger partial charge in [-0.15, -0.1) is 24.0 Å². The number of phenols is 1. The van der Waals surface area contributed by atoms with Gasteiger partial charge >= 0.3 is 0 Å². The van der Waals surface area contributed by atoms with Gasteiger partial charge in [0.25, 0.3) is 0 Å². The van der Waals surface area contributed by atoms with Crippen molar-refractivity contribution in [2.75, 3.05) is 20.1 Å². The number of halogens is 2. The van der Waals surface area contributed by atoms with Crippen LogP contribution in [0.3, 0.4) is 0 Å². The van der Waals surface area contributed by atoms with Gasteiger partial charge in [-0.05, 0) is 48.6 Å². The van der Waals surface area contributed by atoms with Crippen LogP contribution in [0.15, 0.2) is 47.5 Å². The van der Waals surface area contributed by atoms with Gasteiger partial charge in [0, 0.05) is 39.3 Å². The minimum Gasteiger partial charge on any atom is -0.505 e. The molecule has 0 aromatic heterocycles. The van der Waals surface area contributed by atoms with Crippen LogP contribution in [-0.2, 0) is 13.1 Å². The third kappa shape index (κ3) is 6.85. The predicted molar refractivity (Wildman–Crippen MR) is 126 cm³/mol. The molecular formula is C22H30FIN4O. The van der Waals surface area contributed by atoms with E-state index in [1.54, 1.807) is 13.1 Å². The lowest BCUT2D eigenvalue weighted by molar-refractivity contribution is 0.198. The Morgan fingerprint density at radius 1 is 1.21 bits per heavy atom. The van der Waals surface area contributed by atoms with E-state index >= 15 is 0 Å². The normalized spacial score (nSPS) is 15.6. The van der Waals surface area contributed by atoms with E-state index in [9.17, 15) is 9.50 Å². The van der Waals surface area contributed by atoms with Crippen molar-refractivity contribution in [3.63, 3.8) is 0 Å². The number of nitrogens with zero attached hydrogens (tertiary/aromatic N) is 2. The summed E-state index contributed by atoms with van der Waals surface area (Å²) in [6, 6.07) is 13.3. The van der Waals surface area contributed by atoms with Crippen molar-refractivity contribution in [2.24, 2.45) is 4.99 Å². The fourth-order valence-electron chi connectivity index (χ4n) is 3.50. The van der Waals surface area contributed by atoms with Crippen LogP contribution in [-0.4, -0.2) is 42.1 Å². The maximum atomic E-state index is 13.4. The fourth-order valence-corrected chi connectivity index (χ4v) is 3.50. The zero-order chi connectivity index (χ0) is 19.9. The number of aryl methyl sites for hydroxylation is 1. The molecule has 1 saturated heterocycles. The molecule has 2 aromatic rings. The molecule has 0 aliphatic carbocycles. The molecule has 0 saturated carbocycles. The smallest absolute Gasteiger partial charge is 0.191 e. The van der Waals surface area contributed by atoms with Crippen molar-refractivity contribution in [2.45, 2.75) is 38.9 Å². The summed E-state index contributed by atoms with van der Waals surface area (Å²) in [6.45, 7) is 5.71. The topological polar surface area (TPSA) is 59.9 Å². The number of aromatic hydroxyl groups is 1. The summed E-state index contributed by atoms with van der Waals surface area (Å²) in [6.07, 6.45) is 2.11. The number of guanidine groups is 1. The van der Waals surface area contributed by atoms with E-state index in [1.165, 1.54) is 23.3 Å². The molecule has 0 amide bonds. The van der Waals surface area contributed by atoms with Gasteiger partial charge in [0.1, 0.15) is 0 Å². The number of phenolic OH excluding ortho intramolecular Hbond substituents is 1. The van der Waals surface area contributed by atoms with Crippen molar-refractivity contribution >= 4 is 29.9 Å². The van der Waals surface area contributed by atoms with Gasteiger partial charge in [0.05, 0.1) is 0 Å². The Hall–Kier alpha value is -1.87. The largest absolute Gasteiger partial charge is 0.505 e. The highest BCUT2D eigenvalue weighted by atomic mass is 127. The summed E-state index contributed by atoms with van der Waals surface area (Å²) in [7, 11) is 1.74. The Labute approximate surface area is 189 Å². The van der Waals surface area contributed by atoms with Crippen LogP contribution in [0.1, 0.15) is 29.5 Å². The second kappa shape index (κ2) is 11.3. The molecule has 0 radical (unpaired) electrons. The monoisotopic (exact) mass is 512 g/mol. The van der Waals surface area contributed by atoms with Gasteiger partial charge in [-0.3, -0.25) is 9.89 Å². The summed E-state index contributed by atoms with van der Waals surface area (Å²) >= 11 is 0. The average molecular weight is 512 g/mol. The van der Waals surface area contributed by atoms with E-state index in [0.717, 1.165) is 38.0 Å². The van der Waals surface area contributed by atoms with Crippen LogP contribution in [0.5, 0.6) is 5.75 Å². The lowest BCUT2D eigenvalue weighted by Crippen LogP contribution is -2.48. The summed E-state index contributed by atoms with van der Waals surface area (Å²) in [5.74, 6) is -0.224. The molecule has 0 spiro atoms. The quantitative estimate of drug-likeness (QED) is 0.324. The highest BCUT2D eigenvalue weighted by Gasteiger charge is 2.20. The Morgan fingerprint density at radius 3 is 2.59 bits per heavy atom. The lowest BCUT2D eigenvalue weighted by Gasteiger charge is -2.33. The highest BCUT2D eigenvalue weighted by molar-refractivity contribution is 14.0. The molecule has 3 rings (SSSR count).